The van der Waals surface area contributed by atoms with Crippen LogP contribution in [0.25, 0.3) is 11.2 Å². The normalized spacial score (nSPS) is 25.6. The van der Waals surface area contributed by atoms with Crippen molar-refractivity contribution in [3.05, 3.63) is 6.33 Å². The highest BCUT2D eigenvalue weighted by Gasteiger charge is 2.42. The predicted octanol–water partition coefficient (Wildman–Crippen LogP) is -0.421. The Balaban J connectivity index is 2.02. The molecule has 108 valence electrons. The number of methoxy groups -OCH3 is 1. The Morgan fingerprint density at radius 2 is 2.20 bits per heavy atom. The number of fused-ring (bicyclic) bond motifs is 1. The summed E-state index contributed by atoms with van der Waals surface area (Å²) in [7, 11) is 1.48. The number of nitrogens with two attached hydrogens (primary N) is 1. The first kappa shape index (κ1) is 13.1. The Bertz CT molecular complexity index is 629. The van der Waals surface area contributed by atoms with Crippen molar-refractivity contribution in [2.24, 2.45) is 11.8 Å². The minimum atomic E-state index is -0.000385. The summed E-state index contributed by atoms with van der Waals surface area (Å²) >= 11 is 0. The largest absolute Gasteiger partial charge is 0.467 e. The Hall–Kier alpha value is -1.93. The second kappa shape index (κ2) is 4.88. The maximum atomic E-state index is 9.46. The van der Waals surface area contributed by atoms with Gasteiger partial charge in [-0.3, -0.25) is 0 Å². The molecule has 2 aromatic rings. The van der Waals surface area contributed by atoms with Crippen LogP contribution in [0.1, 0.15) is 12.5 Å². The summed E-state index contributed by atoms with van der Waals surface area (Å²) in [5, 5.41) is 18.7. The van der Waals surface area contributed by atoms with Gasteiger partial charge >= 0.3 is 6.01 Å². The van der Waals surface area contributed by atoms with E-state index in [2.05, 4.69) is 15.0 Å². The molecule has 0 saturated heterocycles. The van der Waals surface area contributed by atoms with Crippen molar-refractivity contribution < 1.29 is 14.9 Å². The van der Waals surface area contributed by atoms with E-state index >= 15 is 0 Å². The third-order valence-corrected chi connectivity index (χ3v) is 4.06. The van der Waals surface area contributed by atoms with Crippen LogP contribution in [-0.2, 0) is 0 Å². The molecule has 1 aliphatic rings. The Morgan fingerprint density at radius 3 is 2.85 bits per heavy atom. The van der Waals surface area contributed by atoms with Gasteiger partial charge in [-0.05, 0) is 12.3 Å². The lowest BCUT2D eigenvalue weighted by Gasteiger charge is -2.43. The van der Waals surface area contributed by atoms with Gasteiger partial charge in [0.05, 0.1) is 13.4 Å². The van der Waals surface area contributed by atoms with Gasteiger partial charge in [-0.1, -0.05) is 0 Å². The standard InChI is InChI=1S/C12H17N5O3/c1-20-12-15-10(13)9-11(16-12)17(5-14-9)8-2-6(3-18)7(8)4-19/h5-8,18-19H,2-4H2,1H3,(H2,13,15,16)/t6-,7-,8-/m0/s1. The summed E-state index contributed by atoms with van der Waals surface area (Å²) in [5.41, 5.74) is 6.94. The lowest BCUT2D eigenvalue weighted by atomic mass is 9.70. The number of nitrogen functional groups attached to an aromatic ring is 1. The Labute approximate surface area is 115 Å². The van der Waals surface area contributed by atoms with Crippen LogP contribution in [-0.4, -0.2) is 50.1 Å². The van der Waals surface area contributed by atoms with Gasteiger partial charge in [-0.2, -0.15) is 9.97 Å². The molecule has 0 aromatic carbocycles. The summed E-state index contributed by atoms with van der Waals surface area (Å²) in [6.07, 6.45) is 2.43. The van der Waals surface area contributed by atoms with E-state index in [0.29, 0.717) is 11.2 Å². The van der Waals surface area contributed by atoms with Gasteiger partial charge in [0, 0.05) is 25.2 Å². The summed E-state index contributed by atoms with van der Waals surface area (Å²) in [6.45, 7) is 0.0993. The van der Waals surface area contributed by atoms with Gasteiger partial charge in [0.25, 0.3) is 0 Å². The highest BCUT2D eigenvalue weighted by molar-refractivity contribution is 5.82. The molecule has 0 bridgehead atoms. The molecule has 20 heavy (non-hydrogen) atoms. The quantitative estimate of drug-likeness (QED) is 0.695. The number of rotatable bonds is 4. The lowest BCUT2D eigenvalue weighted by Crippen LogP contribution is -2.42. The maximum Gasteiger partial charge on any atom is 0.320 e. The topological polar surface area (TPSA) is 119 Å². The molecule has 2 heterocycles. The lowest BCUT2D eigenvalue weighted by molar-refractivity contribution is -0.00531. The smallest absolute Gasteiger partial charge is 0.320 e. The molecule has 1 saturated carbocycles. The molecule has 2 aromatic heterocycles. The summed E-state index contributed by atoms with van der Waals surface area (Å²) in [5.74, 6) is 0.382. The zero-order chi connectivity index (χ0) is 14.3. The minimum absolute atomic E-state index is 0.000385. The number of hydrogen-bond donors (Lipinski definition) is 3. The van der Waals surface area contributed by atoms with Gasteiger partial charge in [-0.25, -0.2) is 4.98 Å². The monoisotopic (exact) mass is 279 g/mol. The van der Waals surface area contributed by atoms with E-state index in [9.17, 15) is 10.2 Å². The zero-order valence-corrected chi connectivity index (χ0v) is 11.1. The average Bonchev–Trinajstić information content (AvgIpc) is 2.83. The van der Waals surface area contributed by atoms with Crippen LogP contribution >= 0.6 is 0 Å². The molecule has 8 heteroatoms. The molecular weight excluding hydrogens is 262 g/mol. The zero-order valence-electron chi connectivity index (χ0n) is 11.1. The number of aromatic nitrogens is 4. The number of imidazole rings is 1. The molecule has 0 spiro atoms. The first-order valence-corrected chi connectivity index (χ1v) is 6.45. The molecule has 4 N–H and O–H groups in total. The first-order chi connectivity index (χ1) is 9.69. The minimum Gasteiger partial charge on any atom is -0.467 e. The molecule has 3 atom stereocenters. The highest BCUT2D eigenvalue weighted by Crippen LogP contribution is 2.44. The molecule has 1 aliphatic carbocycles. The number of ether oxygens (including phenoxy) is 1. The van der Waals surface area contributed by atoms with Crippen LogP contribution in [0.3, 0.4) is 0 Å². The third kappa shape index (κ3) is 1.80. The maximum absolute atomic E-state index is 9.46. The van der Waals surface area contributed by atoms with Gasteiger partial charge < -0.3 is 25.3 Å². The van der Waals surface area contributed by atoms with E-state index in [4.69, 9.17) is 10.5 Å². The van der Waals surface area contributed by atoms with Crippen molar-refractivity contribution in [3.63, 3.8) is 0 Å². The van der Waals surface area contributed by atoms with Crippen LogP contribution in [0.4, 0.5) is 5.82 Å². The predicted molar refractivity (Wildman–Crippen MR) is 71.1 cm³/mol. The van der Waals surface area contributed by atoms with Crippen molar-refractivity contribution in [1.82, 2.24) is 19.5 Å². The molecule has 1 fully saturated rings. The summed E-state index contributed by atoms with van der Waals surface area (Å²) in [6, 6.07) is 0.247. The molecule has 8 nitrogen and oxygen atoms in total. The van der Waals surface area contributed by atoms with Gasteiger partial charge in [0.2, 0.25) is 0 Å². The number of hydrogen-bond acceptors (Lipinski definition) is 7. The van der Waals surface area contributed by atoms with Crippen molar-refractivity contribution in [3.8, 4) is 6.01 Å². The fourth-order valence-corrected chi connectivity index (χ4v) is 2.83. The van der Waals surface area contributed by atoms with Crippen LogP contribution in [0.2, 0.25) is 0 Å². The Morgan fingerprint density at radius 1 is 1.40 bits per heavy atom. The molecular formula is C12H17N5O3. The summed E-state index contributed by atoms with van der Waals surface area (Å²) in [4.78, 5) is 12.5. The SMILES string of the molecule is COc1nc(N)c2ncn([C@H]3C[C@@H](CO)[C@@H]3CO)c2n1. The van der Waals surface area contributed by atoms with Crippen molar-refractivity contribution in [1.29, 1.82) is 0 Å². The fraction of sp³-hybridized carbons (Fsp3) is 0.583. The highest BCUT2D eigenvalue weighted by atomic mass is 16.5. The van der Waals surface area contributed by atoms with E-state index in [-0.39, 0.29) is 42.9 Å². The van der Waals surface area contributed by atoms with E-state index < -0.39 is 0 Å². The van der Waals surface area contributed by atoms with Crippen LogP contribution in [0, 0.1) is 11.8 Å². The number of aliphatic hydroxyl groups excluding tert-OH is 2. The van der Waals surface area contributed by atoms with Crippen molar-refractivity contribution in [2.75, 3.05) is 26.1 Å². The van der Waals surface area contributed by atoms with Crippen LogP contribution < -0.4 is 10.5 Å². The van der Waals surface area contributed by atoms with Gasteiger partial charge in [0.15, 0.2) is 17.0 Å². The molecule has 0 radical (unpaired) electrons. The number of nitrogens with zero attached hydrogens (tertiary/aromatic N) is 4. The first-order valence-electron chi connectivity index (χ1n) is 6.45. The van der Waals surface area contributed by atoms with E-state index in [0.717, 1.165) is 6.42 Å². The van der Waals surface area contributed by atoms with E-state index in [1.807, 2.05) is 4.57 Å². The summed E-state index contributed by atoms with van der Waals surface area (Å²) < 4.78 is 6.90. The van der Waals surface area contributed by atoms with Crippen molar-refractivity contribution >= 4 is 17.0 Å². The van der Waals surface area contributed by atoms with Crippen LogP contribution in [0.15, 0.2) is 6.33 Å². The third-order valence-electron chi connectivity index (χ3n) is 4.06. The molecule has 0 amide bonds. The second-order valence-electron chi connectivity index (χ2n) is 5.01. The van der Waals surface area contributed by atoms with Gasteiger partial charge in [-0.15, -0.1) is 0 Å². The molecule has 0 unspecified atom stereocenters. The molecule has 0 aliphatic heterocycles. The number of anilines is 1. The van der Waals surface area contributed by atoms with Crippen LogP contribution in [0.5, 0.6) is 6.01 Å². The molecule has 3 rings (SSSR count). The van der Waals surface area contributed by atoms with Crippen molar-refractivity contribution in [2.45, 2.75) is 12.5 Å². The van der Waals surface area contributed by atoms with Gasteiger partial charge in [0.1, 0.15) is 0 Å². The number of aliphatic hydroxyl groups is 2. The Kier molecular flexibility index (Phi) is 3.19. The fourth-order valence-electron chi connectivity index (χ4n) is 2.83. The average molecular weight is 279 g/mol. The van der Waals surface area contributed by atoms with E-state index in [1.54, 1.807) is 6.33 Å². The van der Waals surface area contributed by atoms with E-state index in [1.165, 1.54) is 7.11 Å². The second-order valence-corrected chi connectivity index (χ2v) is 5.01.